The maximum atomic E-state index is 12.3. The quantitative estimate of drug-likeness (QED) is 0.429. The monoisotopic (exact) mass is 319 g/mol. The smallest absolute Gasteiger partial charge is 0.123 e. The molecule has 0 spiro atoms. The number of aliphatic hydroxyl groups excluding tert-OH is 3. The highest BCUT2D eigenvalue weighted by atomic mass is 32.1. The number of rotatable bonds is 8. The van der Waals surface area contributed by atoms with Crippen molar-refractivity contribution in [3.05, 3.63) is 35.6 Å². The Hall–Kier alpha value is -1.12. The molecule has 1 rings (SSSR count). The van der Waals surface area contributed by atoms with E-state index < -0.39 is 0 Å². The Morgan fingerprint density at radius 2 is 1.43 bits per heavy atom. The van der Waals surface area contributed by atoms with Gasteiger partial charge in [-0.3, -0.25) is 0 Å². The molecule has 4 N–H and O–H groups in total. The number of hydrogen-bond acceptors (Lipinski definition) is 5. The first-order valence-corrected chi connectivity index (χ1v) is 7.04. The Labute approximate surface area is 129 Å². The van der Waals surface area contributed by atoms with Crippen molar-refractivity contribution in [2.45, 2.75) is 6.42 Å². The summed E-state index contributed by atoms with van der Waals surface area (Å²) < 4.78 is 12.3. The summed E-state index contributed by atoms with van der Waals surface area (Å²) in [6.07, 6.45) is 0.204. The van der Waals surface area contributed by atoms with Crippen LogP contribution in [0.25, 0.3) is 0 Å². The molecule has 0 atom stereocenters. The predicted octanol–water partition coefficient (Wildman–Crippen LogP) is -1.71. The Kier molecular flexibility index (Phi) is 11.9. The first kappa shape index (κ1) is 19.9. The van der Waals surface area contributed by atoms with Crippen LogP contribution in [0.4, 0.5) is 4.39 Å². The number of halogens is 1. The molecule has 5 nitrogen and oxygen atoms in total. The van der Waals surface area contributed by atoms with Gasteiger partial charge in [0, 0.05) is 11.5 Å². The Morgan fingerprint density at radius 3 is 1.76 bits per heavy atom. The lowest BCUT2D eigenvalue weighted by Gasteiger charge is -2.15. The number of benzene rings is 1. The van der Waals surface area contributed by atoms with Crippen molar-refractivity contribution >= 4 is 17.7 Å². The van der Waals surface area contributed by atoms with Crippen LogP contribution in [0.2, 0.25) is 0 Å². The number of quaternary nitrogens is 1. The lowest BCUT2D eigenvalue weighted by atomic mass is 10.2. The minimum absolute atomic E-state index is 0.106. The van der Waals surface area contributed by atoms with E-state index in [1.54, 1.807) is 12.1 Å². The molecule has 0 saturated carbocycles. The van der Waals surface area contributed by atoms with E-state index in [1.165, 1.54) is 12.1 Å². The van der Waals surface area contributed by atoms with Gasteiger partial charge in [-0.15, -0.1) is 0 Å². The van der Waals surface area contributed by atoms with Crippen LogP contribution < -0.4 is 4.90 Å². The van der Waals surface area contributed by atoms with Gasteiger partial charge in [0.25, 0.3) is 0 Å². The third-order valence-electron chi connectivity index (χ3n) is 2.66. The Balaban J connectivity index is 0.000000384. The second-order valence-corrected chi connectivity index (χ2v) is 4.80. The molecule has 120 valence electrons. The van der Waals surface area contributed by atoms with E-state index in [0.717, 1.165) is 10.5 Å². The molecule has 0 radical (unpaired) electrons. The molecule has 0 amide bonds. The van der Waals surface area contributed by atoms with Gasteiger partial charge in [-0.2, -0.15) is 0 Å². The summed E-state index contributed by atoms with van der Waals surface area (Å²) in [4.78, 5) is 11.5. The van der Waals surface area contributed by atoms with E-state index in [1.807, 2.05) is 0 Å². The third kappa shape index (κ3) is 11.2. The van der Waals surface area contributed by atoms with Gasteiger partial charge in [-0.25, -0.2) is 4.39 Å². The normalized spacial score (nSPS) is 10.1. The van der Waals surface area contributed by atoms with Crippen LogP contribution in [0.3, 0.4) is 0 Å². The van der Waals surface area contributed by atoms with Gasteiger partial charge < -0.3 is 37.6 Å². The standard InChI is InChI=1S/C8H7FOS.C6H15NO3/c9-7-3-1-6(2-4-7)5-8(10)11;8-4-1-7(2-5-9)3-6-10/h1-4H,5H2,(H,10,11);8-10H,1-6H2. The number of hydrogen-bond donors (Lipinski definition) is 4. The fourth-order valence-electron chi connectivity index (χ4n) is 1.62. The number of carbonyl (C=O) groups excluding carboxylic acids is 1. The lowest BCUT2D eigenvalue weighted by Crippen LogP contribution is -3.13. The summed E-state index contributed by atoms with van der Waals surface area (Å²) in [5.74, 6) is -0.300. The molecule has 0 aromatic heterocycles. The number of carbonyl (C=O) groups is 1. The van der Waals surface area contributed by atoms with Crippen molar-refractivity contribution in [3.8, 4) is 0 Å². The van der Waals surface area contributed by atoms with Gasteiger partial charge in [0.1, 0.15) is 25.5 Å². The van der Waals surface area contributed by atoms with Gasteiger partial charge in [0.05, 0.1) is 19.8 Å². The zero-order chi connectivity index (χ0) is 16.1. The van der Waals surface area contributed by atoms with Crippen molar-refractivity contribution in [2.75, 3.05) is 39.5 Å². The van der Waals surface area contributed by atoms with Crippen molar-refractivity contribution in [1.82, 2.24) is 0 Å². The van der Waals surface area contributed by atoms with Crippen LogP contribution in [-0.4, -0.2) is 59.9 Å². The zero-order valence-corrected chi connectivity index (χ0v) is 12.6. The minimum Gasteiger partial charge on any atom is -0.742 e. The van der Waals surface area contributed by atoms with Crippen molar-refractivity contribution in [3.63, 3.8) is 0 Å². The first-order chi connectivity index (χ1) is 10.0. The molecule has 0 fully saturated rings. The molecule has 0 heterocycles. The summed E-state index contributed by atoms with van der Waals surface area (Å²) in [6.45, 7) is 2.11. The largest absolute Gasteiger partial charge is 0.742 e. The van der Waals surface area contributed by atoms with E-state index in [-0.39, 0.29) is 37.2 Å². The molecule has 0 unspecified atom stereocenters. The molecule has 1 aromatic carbocycles. The van der Waals surface area contributed by atoms with E-state index >= 15 is 0 Å². The predicted molar refractivity (Wildman–Crippen MR) is 79.3 cm³/mol. The lowest BCUT2D eigenvalue weighted by molar-refractivity contribution is -0.901. The molecular formula is C14H22FNO4S. The summed E-state index contributed by atoms with van der Waals surface area (Å²) in [7, 11) is 0. The average molecular weight is 319 g/mol. The van der Waals surface area contributed by atoms with Gasteiger partial charge >= 0.3 is 0 Å². The summed E-state index contributed by atoms with van der Waals surface area (Å²) in [5.41, 5.74) is 0.756. The topological polar surface area (TPSA) is 82.2 Å². The van der Waals surface area contributed by atoms with Crippen LogP contribution in [0.1, 0.15) is 5.56 Å². The molecule has 1 aromatic rings. The van der Waals surface area contributed by atoms with Crippen LogP contribution in [0.5, 0.6) is 0 Å². The maximum Gasteiger partial charge on any atom is 0.123 e. The SMILES string of the molecule is O=C([S-])Cc1ccc(F)cc1.OCC[NH+](CCO)CCO. The minimum atomic E-state index is -0.323. The van der Waals surface area contributed by atoms with E-state index in [2.05, 4.69) is 12.6 Å². The first-order valence-electron chi connectivity index (χ1n) is 6.64. The summed E-state index contributed by atoms with van der Waals surface area (Å²) >= 11 is 4.36. The second-order valence-electron chi connectivity index (χ2n) is 4.35. The van der Waals surface area contributed by atoms with Gasteiger partial charge in [-0.05, 0) is 17.7 Å². The summed E-state index contributed by atoms with van der Waals surface area (Å²) in [6, 6.07) is 5.74. The fourth-order valence-corrected chi connectivity index (χ4v) is 1.78. The van der Waals surface area contributed by atoms with Crippen LogP contribution in [0.15, 0.2) is 24.3 Å². The third-order valence-corrected chi connectivity index (χ3v) is 2.80. The molecule has 21 heavy (non-hydrogen) atoms. The van der Waals surface area contributed by atoms with Crippen LogP contribution in [-0.2, 0) is 23.8 Å². The van der Waals surface area contributed by atoms with E-state index in [0.29, 0.717) is 19.6 Å². The molecule has 0 aliphatic rings. The molecular weight excluding hydrogens is 297 g/mol. The van der Waals surface area contributed by atoms with Crippen molar-refractivity contribution < 1.29 is 29.4 Å². The fraction of sp³-hybridized carbons (Fsp3) is 0.500. The Bertz CT molecular complexity index is 375. The maximum absolute atomic E-state index is 12.3. The number of aliphatic hydroxyl groups is 3. The van der Waals surface area contributed by atoms with Gasteiger partial charge in [0.2, 0.25) is 0 Å². The zero-order valence-electron chi connectivity index (χ0n) is 11.8. The molecule has 0 saturated heterocycles. The van der Waals surface area contributed by atoms with E-state index in [4.69, 9.17) is 15.3 Å². The second kappa shape index (κ2) is 12.6. The molecule has 0 aliphatic heterocycles. The average Bonchev–Trinajstić information content (AvgIpc) is 2.43. The van der Waals surface area contributed by atoms with Crippen molar-refractivity contribution in [1.29, 1.82) is 0 Å². The number of nitrogens with one attached hydrogen (secondary N) is 1. The van der Waals surface area contributed by atoms with Crippen LogP contribution in [0, 0.1) is 5.82 Å². The highest BCUT2D eigenvalue weighted by Gasteiger charge is 2.03. The highest BCUT2D eigenvalue weighted by molar-refractivity contribution is 7.77. The molecule has 0 bridgehead atoms. The Morgan fingerprint density at radius 1 is 1.00 bits per heavy atom. The van der Waals surface area contributed by atoms with Gasteiger partial charge in [-0.1, -0.05) is 12.1 Å². The molecule has 0 aliphatic carbocycles. The van der Waals surface area contributed by atoms with Crippen molar-refractivity contribution in [2.24, 2.45) is 0 Å². The van der Waals surface area contributed by atoms with E-state index in [9.17, 15) is 9.18 Å². The molecule has 7 heteroatoms. The summed E-state index contributed by atoms with van der Waals surface area (Å²) in [5, 5.41) is 25.2. The van der Waals surface area contributed by atoms with Gasteiger partial charge in [0.15, 0.2) is 0 Å². The van der Waals surface area contributed by atoms with Crippen LogP contribution >= 0.6 is 0 Å². The highest BCUT2D eigenvalue weighted by Crippen LogP contribution is 2.03.